The van der Waals surface area contributed by atoms with Gasteiger partial charge >= 0.3 is 25.3 Å². The van der Waals surface area contributed by atoms with Gasteiger partial charge in [0.1, 0.15) is 0 Å². The Bertz CT molecular complexity index is 1710. The fourth-order valence-electron chi connectivity index (χ4n) is 6.13. The molecule has 2 N–H and O–H groups in total. The molecule has 8 rings (SSSR count). The van der Waals surface area contributed by atoms with E-state index in [1.54, 1.807) is 12.4 Å². The van der Waals surface area contributed by atoms with Gasteiger partial charge in [-0.05, 0) is 46.5 Å². The van der Waals surface area contributed by atoms with Crippen molar-refractivity contribution < 1.29 is 35.5 Å². The molecule has 0 aliphatic heterocycles. The molecule has 4 aromatic carbocycles. The van der Waals surface area contributed by atoms with E-state index in [1.165, 1.54) is 0 Å². The molecule has 0 radical (unpaired) electrons. The zero-order chi connectivity index (χ0) is 29.9. The van der Waals surface area contributed by atoms with Gasteiger partial charge in [0.05, 0.1) is 11.4 Å². The number of aromatic nitrogens is 2. The average Bonchev–Trinajstić information content (AvgIpc) is 3.50. The van der Waals surface area contributed by atoms with Crippen LogP contribution in [0.3, 0.4) is 0 Å². The van der Waals surface area contributed by atoms with E-state index in [2.05, 4.69) is 34.2 Å². The molecule has 6 nitrogen and oxygen atoms in total. The monoisotopic (exact) mass is 648 g/mol. The molecule has 0 saturated carbocycles. The average molecular weight is 647 g/mol. The second-order valence-corrected chi connectivity index (χ2v) is 10.4. The summed E-state index contributed by atoms with van der Waals surface area (Å²) in [7, 11) is 0. The van der Waals surface area contributed by atoms with Gasteiger partial charge in [-0.3, -0.25) is 9.97 Å². The zero-order valence-electron chi connectivity index (χ0n) is 22.9. The Morgan fingerprint density at radius 2 is 0.674 bits per heavy atom. The molecule has 0 unspecified atom stereocenters. The number of hydrogen-bond donors (Lipinski definition) is 2. The number of pyridine rings is 2. The van der Waals surface area contributed by atoms with E-state index < -0.39 is 29.7 Å². The number of fused-ring (bicyclic) bond motifs is 6. The molecule has 0 spiro atoms. The fourth-order valence-corrected chi connectivity index (χ4v) is 6.13. The molecule has 2 aromatic heterocycles. The fraction of sp³-hybridized carbons (Fsp3) is 0.0556. The van der Waals surface area contributed by atoms with Crippen molar-refractivity contribution in [3.63, 3.8) is 0 Å². The van der Waals surface area contributed by atoms with Gasteiger partial charge in [0, 0.05) is 34.6 Å². The first-order valence-corrected chi connectivity index (χ1v) is 15.3. The van der Waals surface area contributed by atoms with Gasteiger partial charge in [0.15, 0.2) is 11.2 Å². The summed E-state index contributed by atoms with van der Waals surface area (Å²) >= 11 is -2.03. The molecule has 0 saturated heterocycles. The third kappa shape index (κ3) is 4.74. The Morgan fingerprint density at radius 3 is 0.930 bits per heavy atom. The van der Waals surface area contributed by atoms with Crippen molar-refractivity contribution >= 4 is 0 Å². The van der Waals surface area contributed by atoms with Crippen LogP contribution in [0.5, 0.6) is 0 Å². The van der Waals surface area contributed by atoms with E-state index >= 15 is 0 Å². The Morgan fingerprint density at radius 1 is 0.419 bits per heavy atom. The molecule has 0 fully saturated rings. The predicted octanol–water partition coefficient (Wildman–Crippen LogP) is 6.45. The van der Waals surface area contributed by atoms with Crippen LogP contribution in [0.2, 0.25) is 0 Å². The van der Waals surface area contributed by atoms with Crippen molar-refractivity contribution in [1.29, 1.82) is 0 Å². The standard InChI is InChI=1S/2C18H13NO.Mo.2O/c2*20-18(17-11-5-6-12-19-17)15-9-3-1-7-13(15)14-8-2-4-10-16(14)18;;;/h2*1-12,20H;;;. The van der Waals surface area contributed by atoms with E-state index in [1.807, 2.05) is 109 Å². The first kappa shape index (κ1) is 28.5. The topological polar surface area (TPSA) is 100 Å². The second kappa shape index (κ2) is 11.9. The van der Waals surface area contributed by atoms with Crippen molar-refractivity contribution in [3.8, 4) is 22.3 Å². The molecule has 6 aromatic rings. The zero-order valence-corrected chi connectivity index (χ0v) is 24.9. The van der Waals surface area contributed by atoms with Crippen LogP contribution in [0.15, 0.2) is 146 Å². The maximum atomic E-state index is 11.4. The summed E-state index contributed by atoms with van der Waals surface area (Å²) < 4.78 is 17.0. The van der Waals surface area contributed by atoms with Gasteiger partial charge in [-0.1, -0.05) is 109 Å². The molecule has 43 heavy (non-hydrogen) atoms. The van der Waals surface area contributed by atoms with Gasteiger partial charge < -0.3 is 10.2 Å². The van der Waals surface area contributed by atoms with E-state index in [4.69, 9.17) is 6.80 Å². The normalized spacial score (nSPS) is 13.9. The van der Waals surface area contributed by atoms with Crippen LogP contribution in [0, 0.1) is 0 Å². The Hall–Kier alpha value is -4.61. The van der Waals surface area contributed by atoms with Crippen molar-refractivity contribution in [2.75, 3.05) is 0 Å². The minimum absolute atomic E-state index is 0.664. The van der Waals surface area contributed by atoms with Gasteiger partial charge in [-0.2, -0.15) is 0 Å². The van der Waals surface area contributed by atoms with E-state index in [0.29, 0.717) is 11.4 Å². The van der Waals surface area contributed by atoms with E-state index in [0.717, 1.165) is 44.5 Å². The summed E-state index contributed by atoms with van der Waals surface area (Å²) in [5.74, 6) is 0. The Labute approximate surface area is 257 Å². The first-order valence-electron chi connectivity index (χ1n) is 13.6. The third-order valence-electron chi connectivity index (χ3n) is 7.92. The van der Waals surface area contributed by atoms with Crippen LogP contribution in [-0.4, -0.2) is 20.2 Å². The number of hydrogen-bond acceptors (Lipinski definition) is 6. The minimum atomic E-state index is -2.03. The summed E-state index contributed by atoms with van der Waals surface area (Å²) in [5, 5.41) is 22.8. The van der Waals surface area contributed by atoms with Gasteiger partial charge in [0.25, 0.3) is 0 Å². The summed E-state index contributed by atoms with van der Waals surface area (Å²) in [6.07, 6.45) is 3.44. The molecular formula is C36H26MoN2O4. The van der Waals surface area contributed by atoms with Crippen molar-refractivity contribution in [2.45, 2.75) is 11.2 Å². The summed E-state index contributed by atoms with van der Waals surface area (Å²) in [6, 6.07) is 43.2. The molecule has 0 amide bonds. The third-order valence-corrected chi connectivity index (χ3v) is 7.92. The van der Waals surface area contributed by atoms with Crippen molar-refractivity contribution in [3.05, 3.63) is 179 Å². The van der Waals surface area contributed by atoms with E-state index in [-0.39, 0.29) is 0 Å². The molecule has 7 heteroatoms. The van der Waals surface area contributed by atoms with Crippen LogP contribution in [0.4, 0.5) is 0 Å². The van der Waals surface area contributed by atoms with Crippen LogP contribution >= 0.6 is 0 Å². The van der Waals surface area contributed by atoms with Crippen molar-refractivity contribution in [2.24, 2.45) is 0 Å². The summed E-state index contributed by atoms with van der Waals surface area (Å²) in [4.78, 5) is 8.76. The van der Waals surface area contributed by atoms with Crippen LogP contribution in [0.25, 0.3) is 22.3 Å². The second-order valence-electron chi connectivity index (χ2n) is 10.1. The quantitative estimate of drug-likeness (QED) is 0.210. The van der Waals surface area contributed by atoms with Crippen molar-refractivity contribution in [1.82, 2.24) is 9.97 Å². The molecular weight excluding hydrogens is 620 g/mol. The van der Waals surface area contributed by atoms with Crippen LogP contribution < -0.4 is 0 Å². The van der Waals surface area contributed by atoms with Gasteiger partial charge in [0.2, 0.25) is 0 Å². The maximum absolute atomic E-state index is 11.4. The molecule has 2 aliphatic carbocycles. The molecule has 0 bridgehead atoms. The SMILES string of the molecule is OC1(c2ccccn2)c2ccccc2-c2ccccc21.OC1(c2ccccn2)c2ccccc2-c2ccccc21.[O]=[Mo]=[O]. The molecule has 2 aliphatic rings. The van der Waals surface area contributed by atoms with Gasteiger partial charge in [-0.25, -0.2) is 0 Å². The van der Waals surface area contributed by atoms with Gasteiger partial charge in [-0.15, -0.1) is 0 Å². The number of aliphatic hydroxyl groups is 2. The molecule has 210 valence electrons. The Kier molecular flexibility index (Phi) is 7.92. The number of nitrogens with zero attached hydrogens (tertiary/aromatic N) is 2. The summed E-state index contributed by atoms with van der Waals surface area (Å²) in [6.45, 7) is 0. The summed E-state index contributed by atoms with van der Waals surface area (Å²) in [5.41, 5.74) is 6.94. The van der Waals surface area contributed by atoms with E-state index in [9.17, 15) is 10.2 Å². The molecule has 2 heterocycles. The first-order chi connectivity index (χ1) is 21.0. The number of benzene rings is 4. The number of rotatable bonds is 2. The predicted molar refractivity (Wildman–Crippen MR) is 158 cm³/mol. The molecule has 0 atom stereocenters. The van der Waals surface area contributed by atoms with Crippen LogP contribution in [-0.2, 0) is 36.5 Å². The van der Waals surface area contributed by atoms with Crippen LogP contribution in [0.1, 0.15) is 33.6 Å². The Balaban J connectivity index is 0.000000141.